The monoisotopic (exact) mass is 235 g/mol. The number of fused-ring (bicyclic) bond motifs is 3. The molecule has 3 fully saturated rings. The Balaban J connectivity index is 1.68. The molecule has 0 aromatic heterocycles. The van der Waals surface area contributed by atoms with Gasteiger partial charge in [-0.2, -0.15) is 0 Å². The second-order valence-corrected chi connectivity index (χ2v) is 5.71. The van der Waals surface area contributed by atoms with Gasteiger partial charge in [0.1, 0.15) is 0 Å². The van der Waals surface area contributed by atoms with Crippen LogP contribution >= 0.6 is 11.6 Å². The van der Waals surface area contributed by atoms with E-state index in [1.54, 1.807) is 0 Å². The zero-order chi connectivity index (χ0) is 11.0. The maximum absolute atomic E-state index is 5.91. The van der Waals surface area contributed by atoms with Crippen LogP contribution in [0.2, 0.25) is 5.02 Å². The van der Waals surface area contributed by atoms with E-state index in [1.807, 2.05) is 12.1 Å². The second kappa shape index (κ2) is 4.38. The number of hydrogen-bond donors (Lipinski definition) is 1. The van der Waals surface area contributed by atoms with Gasteiger partial charge in [-0.05, 0) is 61.8 Å². The van der Waals surface area contributed by atoms with Crippen LogP contribution in [0, 0.1) is 11.8 Å². The average Bonchev–Trinajstić information content (AvgIpc) is 2.34. The molecule has 86 valence electrons. The van der Waals surface area contributed by atoms with Crippen LogP contribution in [-0.2, 0) is 6.42 Å². The van der Waals surface area contributed by atoms with Crippen molar-refractivity contribution in [3.05, 3.63) is 34.9 Å². The highest BCUT2D eigenvalue weighted by Crippen LogP contribution is 2.36. The molecule has 3 atom stereocenters. The molecule has 1 N–H and O–H groups in total. The Morgan fingerprint density at radius 3 is 2.56 bits per heavy atom. The molecule has 1 aliphatic carbocycles. The molecule has 16 heavy (non-hydrogen) atoms. The first-order valence-electron chi connectivity index (χ1n) is 6.29. The lowest BCUT2D eigenvalue weighted by atomic mass is 9.71. The molecule has 2 bridgehead atoms. The molecule has 0 spiro atoms. The third-order valence-corrected chi connectivity index (χ3v) is 4.47. The summed E-state index contributed by atoms with van der Waals surface area (Å²) in [4.78, 5) is 0. The van der Waals surface area contributed by atoms with Crippen LogP contribution in [0.3, 0.4) is 0 Å². The standard InChI is InChI=1S/C14H18ClN/c15-13-4-1-10(2-5-13)7-12-8-14-6-3-11(12)9-16-14/h1-2,4-5,11-12,14,16H,3,6-9H2. The van der Waals surface area contributed by atoms with Crippen LogP contribution in [-0.4, -0.2) is 12.6 Å². The van der Waals surface area contributed by atoms with E-state index in [0.717, 1.165) is 22.9 Å². The van der Waals surface area contributed by atoms with Gasteiger partial charge in [0.05, 0.1) is 0 Å². The summed E-state index contributed by atoms with van der Waals surface area (Å²) in [5.74, 6) is 1.79. The number of piperidine rings is 2. The Morgan fingerprint density at radius 1 is 1.19 bits per heavy atom. The molecular formula is C14H18ClN. The van der Waals surface area contributed by atoms with E-state index < -0.39 is 0 Å². The SMILES string of the molecule is Clc1ccc(CC2CC3CCC2CN3)cc1. The van der Waals surface area contributed by atoms with E-state index in [2.05, 4.69) is 17.4 Å². The smallest absolute Gasteiger partial charge is 0.0406 e. The van der Waals surface area contributed by atoms with Crippen molar-refractivity contribution in [1.29, 1.82) is 0 Å². The third-order valence-electron chi connectivity index (χ3n) is 4.22. The summed E-state index contributed by atoms with van der Waals surface area (Å²) in [6.07, 6.45) is 5.42. The molecule has 3 unspecified atom stereocenters. The molecular weight excluding hydrogens is 218 g/mol. The topological polar surface area (TPSA) is 12.0 Å². The summed E-state index contributed by atoms with van der Waals surface area (Å²) in [6.45, 7) is 1.24. The molecule has 0 amide bonds. The first-order valence-corrected chi connectivity index (χ1v) is 6.67. The van der Waals surface area contributed by atoms with E-state index in [-0.39, 0.29) is 0 Å². The fourth-order valence-electron chi connectivity index (χ4n) is 3.27. The molecule has 1 aromatic carbocycles. The van der Waals surface area contributed by atoms with Gasteiger partial charge in [0.2, 0.25) is 0 Å². The second-order valence-electron chi connectivity index (χ2n) is 5.27. The highest BCUT2D eigenvalue weighted by Gasteiger charge is 2.34. The molecule has 3 aliphatic rings. The summed E-state index contributed by atoms with van der Waals surface area (Å²) >= 11 is 5.91. The first kappa shape index (κ1) is 10.6. The molecule has 4 rings (SSSR count). The van der Waals surface area contributed by atoms with Crippen LogP contribution in [0.1, 0.15) is 24.8 Å². The first-order chi connectivity index (χ1) is 7.81. The largest absolute Gasteiger partial charge is 0.314 e. The molecule has 1 nitrogen and oxygen atoms in total. The van der Waals surface area contributed by atoms with Gasteiger partial charge in [-0.3, -0.25) is 0 Å². The molecule has 1 saturated carbocycles. The predicted molar refractivity (Wildman–Crippen MR) is 67.8 cm³/mol. The van der Waals surface area contributed by atoms with Gasteiger partial charge >= 0.3 is 0 Å². The summed E-state index contributed by atoms with van der Waals surface area (Å²) in [6, 6.07) is 9.17. The Kier molecular flexibility index (Phi) is 2.91. The van der Waals surface area contributed by atoms with E-state index in [9.17, 15) is 0 Å². The Labute approximate surface area is 102 Å². The number of rotatable bonds is 2. The zero-order valence-electron chi connectivity index (χ0n) is 9.45. The van der Waals surface area contributed by atoms with Crippen molar-refractivity contribution < 1.29 is 0 Å². The third kappa shape index (κ3) is 2.11. The Bertz CT molecular complexity index is 352. The van der Waals surface area contributed by atoms with Crippen molar-refractivity contribution in [1.82, 2.24) is 5.32 Å². The van der Waals surface area contributed by atoms with Gasteiger partial charge in [-0.1, -0.05) is 23.7 Å². The normalized spacial score (nSPS) is 32.9. The lowest BCUT2D eigenvalue weighted by molar-refractivity contribution is 0.132. The van der Waals surface area contributed by atoms with Crippen molar-refractivity contribution >= 4 is 11.6 Å². The van der Waals surface area contributed by atoms with Crippen LogP contribution in [0.5, 0.6) is 0 Å². The zero-order valence-corrected chi connectivity index (χ0v) is 10.2. The van der Waals surface area contributed by atoms with Gasteiger partial charge < -0.3 is 5.32 Å². The number of hydrogen-bond acceptors (Lipinski definition) is 1. The Morgan fingerprint density at radius 2 is 2.00 bits per heavy atom. The summed E-state index contributed by atoms with van der Waals surface area (Å²) in [7, 11) is 0. The van der Waals surface area contributed by atoms with E-state index in [1.165, 1.54) is 37.8 Å². The van der Waals surface area contributed by atoms with Crippen molar-refractivity contribution in [2.75, 3.05) is 6.54 Å². The van der Waals surface area contributed by atoms with Gasteiger partial charge in [-0.25, -0.2) is 0 Å². The fraction of sp³-hybridized carbons (Fsp3) is 0.571. The minimum Gasteiger partial charge on any atom is -0.314 e. The van der Waals surface area contributed by atoms with Crippen LogP contribution < -0.4 is 5.32 Å². The maximum Gasteiger partial charge on any atom is 0.0406 e. The van der Waals surface area contributed by atoms with Crippen LogP contribution in [0.4, 0.5) is 0 Å². The van der Waals surface area contributed by atoms with Crippen molar-refractivity contribution in [2.24, 2.45) is 11.8 Å². The van der Waals surface area contributed by atoms with Crippen molar-refractivity contribution in [3.63, 3.8) is 0 Å². The quantitative estimate of drug-likeness (QED) is 0.830. The maximum atomic E-state index is 5.91. The minimum atomic E-state index is 0.794. The lowest BCUT2D eigenvalue weighted by Gasteiger charge is -2.43. The molecule has 2 heteroatoms. The van der Waals surface area contributed by atoms with Gasteiger partial charge in [0.25, 0.3) is 0 Å². The fourth-order valence-corrected chi connectivity index (χ4v) is 3.40. The average molecular weight is 236 g/mol. The number of nitrogens with one attached hydrogen (secondary N) is 1. The van der Waals surface area contributed by atoms with Gasteiger partial charge in [-0.15, -0.1) is 0 Å². The molecule has 0 radical (unpaired) electrons. The number of benzene rings is 1. The number of halogens is 1. The van der Waals surface area contributed by atoms with E-state index in [4.69, 9.17) is 11.6 Å². The highest BCUT2D eigenvalue weighted by molar-refractivity contribution is 6.30. The summed E-state index contributed by atoms with van der Waals surface area (Å²) < 4.78 is 0. The van der Waals surface area contributed by atoms with E-state index >= 15 is 0 Å². The summed E-state index contributed by atoms with van der Waals surface area (Å²) in [5, 5.41) is 4.47. The van der Waals surface area contributed by atoms with Crippen molar-refractivity contribution in [2.45, 2.75) is 31.7 Å². The molecule has 2 aliphatic heterocycles. The van der Waals surface area contributed by atoms with Gasteiger partial charge in [0.15, 0.2) is 0 Å². The van der Waals surface area contributed by atoms with Gasteiger partial charge in [0, 0.05) is 11.1 Å². The Hall–Kier alpha value is -0.530. The summed E-state index contributed by atoms with van der Waals surface area (Å²) in [5.41, 5.74) is 1.45. The molecule has 2 heterocycles. The van der Waals surface area contributed by atoms with Crippen LogP contribution in [0.25, 0.3) is 0 Å². The molecule has 2 saturated heterocycles. The minimum absolute atomic E-state index is 0.794. The van der Waals surface area contributed by atoms with Crippen LogP contribution in [0.15, 0.2) is 24.3 Å². The lowest BCUT2D eigenvalue weighted by Crippen LogP contribution is -2.49. The highest BCUT2D eigenvalue weighted by atomic mass is 35.5. The van der Waals surface area contributed by atoms with E-state index in [0.29, 0.717) is 0 Å². The predicted octanol–water partition coefficient (Wildman–Crippen LogP) is 3.27. The molecule has 1 aromatic rings. The van der Waals surface area contributed by atoms with Crippen molar-refractivity contribution in [3.8, 4) is 0 Å².